The molecule has 0 aliphatic carbocycles. The highest BCUT2D eigenvalue weighted by Crippen LogP contribution is 2.35. The quantitative estimate of drug-likeness (QED) is 0.408. The number of benzene rings is 2. The van der Waals surface area contributed by atoms with Gasteiger partial charge in [0.15, 0.2) is 0 Å². The van der Waals surface area contributed by atoms with Crippen LogP contribution in [0.1, 0.15) is 18.4 Å². The van der Waals surface area contributed by atoms with Gasteiger partial charge in [-0.1, -0.05) is 30.3 Å². The van der Waals surface area contributed by atoms with E-state index in [0.29, 0.717) is 0 Å². The molecule has 2 aromatic carbocycles. The van der Waals surface area contributed by atoms with Crippen molar-refractivity contribution in [3.63, 3.8) is 0 Å². The first-order chi connectivity index (χ1) is 17.0. The van der Waals surface area contributed by atoms with Crippen molar-refractivity contribution >= 4 is 33.6 Å². The van der Waals surface area contributed by atoms with E-state index in [0.717, 1.165) is 69.6 Å². The Morgan fingerprint density at radius 2 is 1.94 bits per heavy atom. The zero-order valence-electron chi connectivity index (χ0n) is 19.7. The summed E-state index contributed by atoms with van der Waals surface area (Å²) in [7, 11) is 1.93. The molecule has 0 bridgehead atoms. The highest BCUT2D eigenvalue weighted by Gasteiger charge is 2.25. The number of rotatable bonds is 5. The Balaban J connectivity index is 1.41. The van der Waals surface area contributed by atoms with E-state index in [1.807, 2.05) is 53.1 Å². The first kappa shape index (κ1) is 21.3. The predicted octanol–water partition coefficient (Wildman–Crippen LogP) is 4.58. The van der Waals surface area contributed by atoms with Gasteiger partial charge in [0.1, 0.15) is 11.5 Å². The third-order valence-electron chi connectivity index (χ3n) is 6.87. The van der Waals surface area contributed by atoms with Gasteiger partial charge in [-0.25, -0.2) is 9.67 Å². The van der Waals surface area contributed by atoms with Crippen molar-refractivity contribution in [3.8, 4) is 16.9 Å². The molecule has 1 aliphatic rings. The van der Waals surface area contributed by atoms with Crippen LogP contribution in [-0.4, -0.2) is 48.7 Å². The maximum Gasteiger partial charge on any atom is 0.303 e. The van der Waals surface area contributed by atoms with E-state index in [2.05, 4.69) is 41.2 Å². The Labute approximate surface area is 202 Å². The van der Waals surface area contributed by atoms with E-state index in [4.69, 9.17) is 15.2 Å². The largest absolute Gasteiger partial charge is 0.481 e. The molecule has 5 aromatic rings. The molecule has 8 nitrogen and oxygen atoms in total. The second kappa shape index (κ2) is 8.23. The number of carbonyl (C=O) groups is 1. The maximum absolute atomic E-state index is 11.1. The van der Waals surface area contributed by atoms with E-state index < -0.39 is 5.97 Å². The molecular weight excluding hydrogens is 440 g/mol. The van der Waals surface area contributed by atoms with Crippen LogP contribution in [0, 0.1) is 12.8 Å². The number of pyridine rings is 1. The Morgan fingerprint density at radius 1 is 1.09 bits per heavy atom. The highest BCUT2D eigenvalue weighted by molar-refractivity contribution is 6.03. The molecule has 0 saturated carbocycles. The SMILES string of the molecule is Cc1cccc2c(-c3cccc4nn(C)cc34)nn(-c3ccc(N4CC[C@@H](CC(=O)O)C4)nc3)c12. The fourth-order valence-electron chi connectivity index (χ4n) is 5.23. The average molecular weight is 467 g/mol. The van der Waals surface area contributed by atoms with Gasteiger partial charge in [-0.2, -0.15) is 10.2 Å². The number of nitrogens with zero attached hydrogens (tertiary/aromatic N) is 6. The summed E-state index contributed by atoms with van der Waals surface area (Å²) in [6.45, 7) is 3.65. The van der Waals surface area contributed by atoms with Crippen LogP contribution < -0.4 is 4.90 Å². The molecule has 1 saturated heterocycles. The van der Waals surface area contributed by atoms with Crippen molar-refractivity contribution in [2.24, 2.45) is 13.0 Å². The topological polar surface area (TPSA) is 89.1 Å². The van der Waals surface area contributed by atoms with Gasteiger partial charge < -0.3 is 10.0 Å². The monoisotopic (exact) mass is 466 g/mol. The third kappa shape index (κ3) is 3.71. The lowest BCUT2D eigenvalue weighted by atomic mass is 10.0. The molecule has 1 atom stereocenters. The number of carboxylic acid groups (broad SMARTS) is 1. The lowest BCUT2D eigenvalue weighted by Gasteiger charge is -2.17. The molecular formula is C27H26N6O2. The molecule has 6 rings (SSSR count). The number of hydrogen-bond donors (Lipinski definition) is 1. The van der Waals surface area contributed by atoms with Gasteiger partial charge in [0, 0.05) is 49.1 Å². The smallest absolute Gasteiger partial charge is 0.303 e. The van der Waals surface area contributed by atoms with E-state index >= 15 is 0 Å². The second-order valence-corrected chi connectivity index (χ2v) is 9.35. The minimum absolute atomic E-state index is 0.171. The Hall–Kier alpha value is -4.20. The molecule has 0 unspecified atom stereocenters. The Bertz CT molecular complexity index is 1570. The predicted molar refractivity (Wildman–Crippen MR) is 136 cm³/mol. The summed E-state index contributed by atoms with van der Waals surface area (Å²) in [6, 6.07) is 16.5. The fraction of sp³-hybridized carbons (Fsp3) is 0.259. The van der Waals surface area contributed by atoms with Crippen LogP contribution in [-0.2, 0) is 11.8 Å². The van der Waals surface area contributed by atoms with Crippen molar-refractivity contribution in [2.45, 2.75) is 19.8 Å². The van der Waals surface area contributed by atoms with Crippen molar-refractivity contribution in [1.29, 1.82) is 0 Å². The number of aromatic nitrogens is 5. The zero-order chi connectivity index (χ0) is 24.1. The molecule has 4 heterocycles. The second-order valence-electron chi connectivity index (χ2n) is 9.35. The van der Waals surface area contributed by atoms with Crippen LogP contribution in [0.2, 0.25) is 0 Å². The summed E-state index contributed by atoms with van der Waals surface area (Å²) in [5, 5.41) is 20.9. The number of aliphatic carboxylic acids is 1. The van der Waals surface area contributed by atoms with Crippen LogP contribution in [0.3, 0.4) is 0 Å². The van der Waals surface area contributed by atoms with E-state index in [1.165, 1.54) is 0 Å². The molecule has 0 radical (unpaired) electrons. The number of carboxylic acids is 1. The van der Waals surface area contributed by atoms with Gasteiger partial charge in [0.2, 0.25) is 0 Å². The lowest BCUT2D eigenvalue weighted by molar-refractivity contribution is -0.137. The Kier molecular flexibility index (Phi) is 5.02. The molecule has 1 N–H and O–H groups in total. The number of fused-ring (bicyclic) bond motifs is 2. The van der Waals surface area contributed by atoms with E-state index in [-0.39, 0.29) is 12.3 Å². The zero-order valence-corrected chi connectivity index (χ0v) is 19.7. The highest BCUT2D eigenvalue weighted by atomic mass is 16.4. The van der Waals surface area contributed by atoms with Gasteiger partial charge in [-0.3, -0.25) is 9.48 Å². The molecule has 3 aromatic heterocycles. The van der Waals surface area contributed by atoms with Crippen LogP contribution in [0.5, 0.6) is 0 Å². The summed E-state index contributed by atoms with van der Waals surface area (Å²) in [5.74, 6) is 0.304. The summed E-state index contributed by atoms with van der Waals surface area (Å²) in [6.07, 6.45) is 4.98. The summed E-state index contributed by atoms with van der Waals surface area (Å²) >= 11 is 0. The lowest BCUT2D eigenvalue weighted by Crippen LogP contribution is -2.21. The first-order valence-corrected chi connectivity index (χ1v) is 11.8. The molecule has 8 heteroatoms. The summed E-state index contributed by atoms with van der Waals surface area (Å²) in [4.78, 5) is 18.0. The third-order valence-corrected chi connectivity index (χ3v) is 6.87. The van der Waals surface area contributed by atoms with Gasteiger partial charge in [0.05, 0.1) is 22.9 Å². The molecule has 0 spiro atoms. The minimum atomic E-state index is -0.737. The van der Waals surface area contributed by atoms with E-state index in [1.54, 1.807) is 0 Å². The van der Waals surface area contributed by atoms with Gasteiger partial charge in [-0.05, 0) is 43.0 Å². The average Bonchev–Trinajstić information content (AvgIpc) is 3.55. The van der Waals surface area contributed by atoms with Crippen molar-refractivity contribution in [1.82, 2.24) is 24.5 Å². The van der Waals surface area contributed by atoms with Crippen molar-refractivity contribution in [2.75, 3.05) is 18.0 Å². The number of anilines is 1. The van der Waals surface area contributed by atoms with Crippen LogP contribution in [0.25, 0.3) is 38.8 Å². The number of hydrogen-bond acceptors (Lipinski definition) is 5. The number of aryl methyl sites for hydroxylation is 2. The van der Waals surface area contributed by atoms with Crippen molar-refractivity contribution < 1.29 is 9.90 Å². The van der Waals surface area contributed by atoms with Gasteiger partial charge >= 0.3 is 5.97 Å². The number of para-hydroxylation sites is 1. The van der Waals surface area contributed by atoms with Gasteiger partial charge in [-0.15, -0.1) is 0 Å². The summed E-state index contributed by atoms with van der Waals surface area (Å²) in [5.41, 5.74) is 6.00. The van der Waals surface area contributed by atoms with Crippen LogP contribution in [0.4, 0.5) is 5.82 Å². The molecule has 176 valence electrons. The normalized spacial score (nSPS) is 15.9. The van der Waals surface area contributed by atoms with Crippen molar-refractivity contribution in [3.05, 3.63) is 66.5 Å². The maximum atomic E-state index is 11.1. The first-order valence-electron chi connectivity index (χ1n) is 11.8. The van der Waals surface area contributed by atoms with Crippen LogP contribution >= 0.6 is 0 Å². The minimum Gasteiger partial charge on any atom is -0.481 e. The fourth-order valence-corrected chi connectivity index (χ4v) is 5.23. The molecule has 1 fully saturated rings. The molecule has 0 amide bonds. The molecule has 1 aliphatic heterocycles. The molecule has 35 heavy (non-hydrogen) atoms. The summed E-state index contributed by atoms with van der Waals surface area (Å²) < 4.78 is 3.81. The van der Waals surface area contributed by atoms with E-state index in [9.17, 15) is 4.79 Å². The van der Waals surface area contributed by atoms with Crippen LogP contribution in [0.15, 0.2) is 60.9 Å². The van der Waals surface area contributed by atoms with Gasteiger partial charge in [0.25, 0.3) is 0 Å². The Morgan fingerprint density at radius 3 is 2.74 bits per heavy atom. The standard InChI is InChI=1S/C27H26N6O2/c1-17-5-3-7-21-26(20-6-4-8-23-22(20)16-31(2)29-23)30-33(27(17)21)19-9-10-24(28-14-19)32-12-11-18(15-32)13-25(34)35/h3-10,14,16,18H,11-13,15H2,1-2H3,(H,34,35)/t18-/m0/s1.